The first-order valence-electron chi connectivity index (χ1n) is 4.15. The molecule has 2 rings (SSSR count). The number of carboxylic acids is 1. The van der Waals surface area contributed by atoms with Gasteiger partial charge in [-0.1, -0.05) is 0 Å². The molecule has 3 heteroatoms. The van der Waals surface area contributed by atoms with E-state index in [0.717, 1.165) is 25.7 Å². The average Bonchev–Trinajstić information content (AvgIpc) is 2.32. The molecule has 2 aliphatic heterocycles. The minimum atomic E-state index is -0.685. The molecule has 0 aromatic carbocycles. The first-order valence-corrected chi connectivity index (χ1v) is 4.15. The quantitative estimate of drug-likeness (QED) is 0.616. The third-order valence-corrected chi connectivity index (χ3v) is 2.71. The van der Waals surface area contributed by atoms with Gasteiger partial charge in [0.05, 0.1) is 18.1 Å². The minimum Gasteiger partial charge on any atom is -0.481 e. The van der Waals surface area contributed by atoms with Crippen LogP contribution in [0.1, 0.15) is 25.7 Å². The Kier molecular flexibility index (Phi) is 1.60. The third kappa shape index (κ3) is 1.13. The molecule has 0 aliphatic carbocycles. The maximum atomic E-state index is 10.7. The zero-order valence-corrected chi connectivity index (χ0v) is 6.32. The second-order valence-electron chi connectivity index (χ2n) is 3.40. The topological polar surface area (TPSA) is 46.5 Å². The van der Waals surface area contributed by atoms with Crippen molar-refractivity contribution in [2.75, 3.05) is 0 Å². The van der Waals surface area contributed by atoms with Crippen LogP contribution in [0, 0.1) is 5.92 Å². The Labute approximate surface area is 65.4 Å². The number of aliphatic carboxylic acids is 1. The number of ether oxygens (including phenoxy) is 1. The molecule has 1 unspecified atom stereocenters. The van der Waals surface area contributed by atoms with Crippen molar-refractivity contribution in [3.8, 4) is 0 Å². The SMILES string of the molecule is O=C(O)C1CC[C@H]2CC[C@H]1O2. The summed E-state index contributed by atoms with van der Waals surface area (Å²) < 4.78 is 5.49. The molecule has 2 fully saturated rings. The van der Waals surface area contributed by atoms with E-state index >= 15 is 0 Å². The van der Waals surface area contributed by atoms with Gasteiger partial charge >= 0.3 is 5.97 Å². The maximum Gasteiger partial charge on any atom is 0.309 e. The van der Waals surface area contributed by atoms with E-state index in [4.69, 9.17) is 9.84 Å². The van der Waals surface area contributed by atoms with Crippen molar-refractivity contribution in [1.29, 1.82) is 0 Å². The molecule has 0 saturated carbocycles. The molecule has 2 bridgehead atoms. The number of hydrogen-bond donors (Lipinski definition) is 1. The van der Waals surface area contributed by atoms with E-state index in [1.54, 1.807) is 0 Å². The van der Waals surface area contributed by atoms with Gasteiger partial charge in [-0.25, -0.2) is 0 Å². The van der Waals surface area contributed by atoms with Crippen molar-refractivity contribution in [3.05, 3.63) is 0 Å². The lowest BCUT2D eigenvalue weighted by molar-refractivity contribution is -0.151. The standard InChI is InChI=1S/C8H12O3/c9-8(10)6-3-1-5-2-4-7(6)11-5/h5-7H,1-4H2,(H,9,10)/t5-,6?,7+/m0/s1. The Bertz CT molecular complexity index is 178. The summed E-state index contributed by atoms with van der Waals surface area (Å²) >= 11 is 0. The normalized spacial score (nSPS) is 42.4. The molecule has 3 atom stereocenters. The molecule has 3 nitrogen and oxygen atoms in total. The lowest BCUT2D eigenvalue weighted by atomic mass is 9.96. The first-order chi connectivity index (χ1) is 5.27. The van der Waals surface area contributed by atoms with Gasteiger partial charge in [0.25, 0.3) is 0 Å². The average molecular weight is 156 g/mol. The molecule has 2 aliphatic rings. The van der Waals surface area contributed by atoms with Gasteiger partial charge < -0.3 is 9.84 Å². The van der Waals surface area contributed by atoms with Gasteiger partial charge in [-0.2, -0.15) is 0 Å². The largest absolute Gasteiger partial charge is 0.481 e. The summed E-state index contributed by atoms with van der Waals surface area (Å²) in [7, 11) is 0. The summed E-state index contributed by atoms with van der Waals surface area (Å²) in [6, 6.07) is 0. The highest BCUT2D eigenvalue weighted by molar-refractivity contribution is 5.70. The summed E-state index contributed by atoms with van der Waals surface area (Å²) in [5.41, 5.74) is 0. The molecule has 0 aromatic rings. The minimum absolute atomic E-state index is 0.0197. The molecule has 0 spiro atoms. The van der Waals surface area contributed by atoms with Crippen LogP contribution in [0.5, 0.6) is 0 Å². The second kappa shape index (κ2) is 2.48. The van der Waals surface area contributed by atoms with Crippen molar-refractivity contribution >= 4 is 5.97 Å². The fourth-order valence-corrected chi connectivity index (χ4v) is 2.08. The molecular weight excluding hydrogens is 144 g/mol. The third-order valence-electron chi connectivity index (χ3n) is 2.71. The smallest absolute Gasteiger partial charge is 0.309 e. The monoisotopic (exact) mass is 156 g/mol. The van der Waals surface area contributed by atoms with Crippen LogP contribution in [0.4, 0.5) is 0 Å². The lowest BCUT2D eigenvalue weighted by Crippen LogP contribution is -2.32. The van der Waals surface area contributed by atoms with Gasteiger partial charge in [0.15, 0.2) is 0 Å². The van der Waals surface area contributed by atoms with Crippen LogP contribution in [0.25, 0.3) is 0 Å². The van der Waals surface area contributed by atoms with E-state index in [1.165, 1.54) is 0 Å². The van der Waals surface area contributed by atoms with Crippen molar-refractivity contribution in [2.45, 2.75) is 37.9 Å². The fraction of sp³-hybridized carbons (Fsp3) is 0.875. The first kappa shape index (κ1) is 7.10. The molecular formula is C8H12O3. The lowest BCUT2D eigenvalue weighted by Gasteiger charge is -2.25. The summed E-state index contributed by atoms with van der Waals surface area (Å²) in [6.45, 7) is 0. The van der Waals surface area contributed by atoms with Gasteiger partial charge in [0, 0.05) is 0 Å². The molecule has 2 saturated heterocycles. The number of carboxylic acid groups (broad SMARTS) is 1. The zero-order valence-electron chi connectivity index (χ0n) is 6.32. The van der Waals surface area contributed by atoms with E-state index < -0.39 is 5.97 Å². The summed E-state index contributed by atoms with van der Waals surface area (Å²) in [5, 5.41) is 8.78. The Morgan fingerprint density at radius 3 is 2.73 bits per heavy atom. The second-order valence-corrected chi connectivity index (χ2v) is 3.40. The van der Waals surface area contributed by atoms with Gasteiger partial charge in [-0.05, 0) is 25.7 Å². The highest BCUT2D eigenvalue weighted by Crippen LogP contribution is 2.36. The number of fused-ring (bicyclic) bond motifs is 2. The van der Waals surface area contributed by atoms with Crippen LogP contribution in [0.3, 0.4) is 0 Å². The number of rotatable bonds is 1. The molecule has 0 aromatic heterocycles. The van der Waals surface area contributed by atoms with Gasteiger partial charge in [-0.15, -0.1) is 0 Å². The predicted octanol–water partition coefficient (Wildman–Crippen LogP) is 1.03. The molecule has 62 valence electrons. The fourth-order valence-electron chi connectivity index (χ4n) is 2.08. The maximum absolute atomic E-state index is 10.7. The van der Waals surface area contributed by atoms with Crippen molar-refractivity contribution in [2.24, 2.45) is 5.92 Å². The zero-order chi connectivity index (χ0) is 7.84. The van der Waals surface area contributed by atoms with Gasteiger partial charge in [0.2, 0.25) is 0 Å². The van der Waals surface area contributed by atoms with E-state index in [1.807, 2.05) is 0 Å². The molecule has 11 heavy (non-hydrogen) atoms. The van der Waals surface area contributed by atoms with Crippen LogP contribution in [0.15, 0.2) is 0 Å². The van der Waals surface area contributed by atoms with Crippen molar-refractivity contribution in [1.82, 2.24) is 0 Å². The highest BCUT2D eigenvalue weighted by atomic mass is 16.5. The Morgan fingerprint density at radius 1 is 1.27 bits per heavy atom. The molecule has 0 amide bonds. The van der Waals surface area contributed by atoms with E-state index in [-0.39, 0.29) is 12.0 Å². The van der Waals surface area contributed by atoms with Gasteiger partial charge in [0.1, 0.15) is 0 Å². The van der Waals surface area contributed by atoms with Crippen LogP contribution < -0.4 is 0 Å². The van der Waals surface area contributed by atoms with E-state index in [0.29, 0.717) is 6.10 Å². The van der Waals surface area contributed by atoms with Crippen LogP contribution in [-0.2, 0) is 9.53 Å². The van der Waals surface area contributed by atoms with Crippen LogP contribution >= 0.6 is 0 Å². The summed E-state index contributed by atoms with van der Waals surface area (Å²) in [4.78, 5) is 10.7. The summed E-state index contributed by atoms with van der Waals surface area (Å²) in [6.07, 6.45) is 4.15. The molecule has 0 radical (unpaired) electrons. The van der Waals surface area contributed by atoms with Crippen LogP contribution in [-0.4, -0.2) is 23.3 Å². The van der Waals surface area contributed by atoms with E-state index in [9.17, 15) is 4.79 Å². The molecule has 2 heterocycles. The number of hydrogen-bond acceptors (Lipinski definition) is 2. The Balaban J connectivity index is 2.07. The molecule has 1 N–H and O–H groups in total. The Morgan fingerprint density at radius 2 is 2.00 bits per heavy atom. The van der Waals surface area contributed by atoms with Crippen molar-refractivity contribution < 1.29 is 14.6 Å². The number of carbonyl (C=O) groups is 1. The Hall–Kier alpha value is -0.570. The summed E-state index contributed by atoms with van der Waals surface area (Å²) in [5.74, 6) is -0.913. The van der Waals surface area contributed by atoms with Crippen LogP contribution in [0.2, 0.25) is 0 Å². The van der Waals surface area contributed by atoms with Gasteiger partial charge in [-0.3, -0.25) is 4.79 Å². The van der Waals surface area contributed by atoms with E-state index in [2.05, 4.69) is 0 Å². The van der Waals surface area contributed by atoms with Crippen molar-refractivity contribution in [3.63, 3.8) is 0 Å². The predicted molar refractivity (Wildman–Crippen MR) is 38.3 cm³/mol. The highest BCUT2D eigenvalue weighted by Gasteiger charge is 2.40.